The van der Waals surface area contributed by atoms with Crippen LogP contribution in [0.3, 0.4) is 0 Å². The lowest BCUT2D eigenvalue weighted by Crippen LogP contribution is -2.30. The Hall–Kier alpha value is -4.59. The Bertz CT molecular complexity index is 1430. The van der Waals surface area contributed by atoms with Crippen molar-refractivity contribution in [1.29, 1.82) is 0 Å². The summed E-state index contributed by atoms with van der Waals surface area (Å²) in [6.07, 6.45) is 1.31. The van der Waals surface area contributed by atoms with Crippen molar-refractivity contribution >= 4 is 28.6 Å². The van der Waals surface area contributed by atoms with Crippen molar-refractivity contribution in [3.8, 4) is 11.1 Å². The predicted octanol–water partition coefficient (Wildman–Crippen LogP) is 3.88. The van der Waals surface area contributed by atoms with Gasteiger partial charge in [0.1, 0.15) is 5.69 Å². The largest absolute Gasteiger partial charge is 0.306 e. The first-order valence-corrected chi connectivity index (χ1v) is 9.72. The molecule has 0 fully saturated rings. The Labute approximate surface area is 182 Å². The maximum Gasteiger partial charge on any atom is 0.288 e. The van der Waals surface area contributed by atoms with Crippen LogP contribution >= 0.6 is 0 Å². The van der Waals surface area contributed by atoms with Crippen LogP contribution in [-0.2, 0) is 7.05 Å². The van der Waals surface area contributed by atoms with E-state index in [9.17, 15) is 19.7 Å². The van der Waals surface area contributed by atoms with Crippen LogP contribution in [0.5, 0.6) is 0 Å². The number of nitrogens with one attached hydrogen (secondary N) is 1. The van der Waals surface area contributed by atoms with Crippen LogP contribution in [0.25, 0.3) is 21.9 Å². The van der Waals surface area contributed by atoms with Crippen LogP contribution < -0.4 is 11.0 Å². The van der Waals surface area contributed by atoms with Gasteiger partial charge in [-0.2, -0.15) is 5.10 Å². The molecular formula is C24H18N4O4. The number of nitrogens with zero attached hydrogens (tertiary/aromatic N) is 3. The van der Waals surface area contributed by atoms with Crippen molar-refractivity contribution in [2.45, 2.75) is 0 Å². The normalized spacial score (nSPS) is 11.0. The van der Waals surface area contributed by atoms with Crippen molar-refractivity contribution in [3.05, 3.63) is 111 Å². The monoisotopic (exact) mass is 426 g/mol. The predicted molar refractivity (Wildman–Crippen MR) is 123 cm³/mol. The van der Waals surface area contributed by atoms with E-state index in [-0.39, 0.29) is 16.9 Å². The van der Waals surface area contributed by atoms with Gasteiger partial charge in [-0.05, 0) is 17.0 Å². The second-order valence-electron chi connectivity index (χ2n) is 7.05. The highest BCUT2D eigenvalue weighted by Gasteiger charge is 2.21. The lowest BCUT2D eigenvalue weighted by molar-refractivity contribution is -0.384. The Morgan fingerprint density at radius 2 is 1.69 bits per heavy atom. The van der Waals surface area contributed by atoms with E-state index in [1.807, 2.05) is 42.5 Å². The van der Waals surface area contributed by atoms with E-state index in [2.05, 4.69) is 10.5 Å². The lowest BCUT2D eigenvalue weighted by Gasteiger charge is -2.16. The summed E-state index contributed by atoms with van der Waals surface area (Å²) in [5.41, 5.74) is 4.08. The van der Waals surface area contributed by atoms with E-state index >= 15 is 0 Å². The molecule has 0 saturated heterocycles. The molecule has 0 saturated carbocycles. The Morgan fingerprint density at radius 3 is 2.41 bits per heavy atom. The number of pyridine rings is 1. The molecule has 0 radical (unpaired) electrons. The van der Waals surface area contributed by atoms with Gasteiger partial charge in [0.25, 0.3) is 17.2 Å². The first kappa shape index (κ1) is 20.7. The second-order valence-corrected chi connectivity index (χ2v) is 7.05. The molecule has 4 rings (SSSR count). The highest BCUT2D eigenvalue weighted by Crippen LogP contribution is 2.30. The zero-order chi connectivity index (χ0) is 22.7. The number of hydrogen-bond donors (Lipinski definition) is 1. The topological polar surface area (TPSA) is 107 Å². The molecule has 0 bridgehead atoms. The minimum Gasteiger partial charge on any atom is -0.306 e. The van der Waals surface area contributed by atoms with Gasteiger partial charge in [-0.3, -0.25) is 19.7 Å². The van der Waals surface area contributed by atoms with Crippen molar-refractivity contribution in [2.75, 3.05) is 0 Å². The third-order valence-corrected chi connectivity index (χ3v) is 5.04. The number of rotatable bonds is 5. The highest BCUT2D eigenvalue weighted by atomic mass is 16.6. The third kappa shape index (κ3) is 3.89. The summed E-state index contributed by atoms with van der Waals surface area (Å²) < 4.78 is 1.31. The van der Waals surface area contributed by atoms with Crippen LogP contribution in [0.1, 0.15) is 16.1 Å². The number of carbonyl (C=O) groups is 1. The summed E-state index contributed by atoms with van der Waals surface area (Å²) in [6.45, 7) is 0. The number of aromatic nitrogens is 1. The van der Waals surface area contributed by atoms with Crippen molar-refractivity contribution < 1.29 is 9.72 Å². The summed E-state index contributed by atoms with van der Waals surface area (Å²) in [7, 11) is 1.54. The maximum atomic E-state index is 13.1. The molecule has 8 nitrogen and oxygen atoms in total. The number of nitro benzene ring substituents is 1. The second kappa shape index (κ2) is 8.65. The van der Waals surface area contributed by atoms with E-state index in [0.29, 0.717) is 21.9 Å². The molecule has 158 valence electrons. The van der Waals surface area contributed by atoms with Gasteiger partial charge in [0.05, 0.1) is 11.1 Å². The fraction of sp³-hybridized carbons (Fsp3) is 0.0417. The van der Waals surface area contributed by atoms with Gasteiger partial charge in [-0.1, -0.05) is 60.7 Å². The summed E-state index contributed by atoms with van der Waals surface area (Å²) in [6, 6.07) is 22.3. The molecule has 32 heavy (non-hydrogen) atoms. The zero-order valence-corrected chi connectivity index (χ0v) is 17.1. The standard InChI is InChI=1S/C24H18N4O4/c1-27-22(23(29)26-25-15-16-8-7-11-18(14-16)28(31)32)21(17-9-3-2-4-10-17)19-12-5-6-13-20(19)24(27)30/h2-15H,1H3,(H,26,29)/b25-15+. The van der Waals surface area contributed by atoms with Gasteiger partial charge in [-0.25, -0.2) is 5.43 Å². The molecule has 4 aromatic rings. The summed E-state index contributed by atoms with van der Waals surface area (Å²) >= 11 is 0. The van der Waals surface area contributed by atoms with Crippen LogP contribution in [0, 0.1) is 10.1 Å². The molecule has 0 atom stereocenters. The summed E-state index contributed by atoms with van der Waals surface area (Å²) in [4.78, 5) is 36.5. The molecular weight excluding hydrogens is 408 g/mol. The molecule has 0 aliphatic rings. The molecule has 1 amide bonds. The molecule has 1 heterocycles. The van der Waals surface area contributed by atoms with Gasteiger partial charge >= 0.3 is 0 Å². The fourth-order valence-corrected chi connectivity index (χ4v) is 3.57. The summed E-state index contributed by atoms with van der Waals surface area (Å²) in [5.74, 6) is -0.573. The Balaban J connectivity index is 1.78. The van der Waals surface area contributed by atoms with E-state index in [1.54, 1.807) is 25.2 Å². The van der Waals surface area contributed by atoms with Crippen molar-refractivity contribution in [3.63, 3.8) is 0 Å². The number of benzene rings is 3. The maximum absolute atomic E-state index is 13.1. The van der Waals surface area contributed by atoms with E-state index in [1.165, 1.54) is 29.0 Å². The molecule has 8 heteroatoms. The minimum atomic E-state index is -0.573. The van der Waals surface area contributed by atoms with Gasteiger partial charge < -0.3 is 4.57 Å². The Kier molecular flexibility index (Phi) is 5.59. The van der Waals surface area contributed by atoms with Gasteiger partial charge in [0.15, 0.2) is 0 Å². The number of nitro groups is 1. The van der Waals surface area contributed by atoms with Gasteiger partial charge in [0.2, 0.25) is 0 Å². The molecule has 1 aromatic heterocycles. The lowest BCUT2D eigenvalue weighted by atomic mass is 9.96. The van der Waals surface area contributed by atoms with Gasteiger partial charge in [0, 0.05) is 35.7 Å². The SMILES string of the molecule is Cn1c(C(=O)N/N=C/c2cccc([N+](=O)[O-])c2)c(-c2ccccc2)c2ccccc2c1=O. The Morgan fingerprint density at radius 1 is 1.00 bits per heavy atom. The molecule has 0 unspecified atom stereocenters. The zero-order valence-electron chi connectivity index (χ0n) is 17.1. The average Bonchev–Trinajstić information content (AvgIpc) is 2.82. The molecule has 3 aromatic carbocycles. The number of carbonyl (C=O) groups excluding carboxylic acids is 1. The number of fused-ring (bicyclic) bond motifs is 1. The third-order valence-electron chi connectivity index (χ3n) is 5.04. The van der Waals surface area contributed by atoms with Crippen molar-refractivity contribution in [1.82, 2.24) is 9.99 Å². The number of non-ortho nitro benzene ring substituents is 1. The van der Waals surface area contributed by atoms with Crippen molar-refractivity contribution in [2.24, 2.45) is 12.1 Å². The number of hydrogen-bond acceptors (Lipinski definition) is 5. The summed E-state index contributed by atoms with van der Waals surface area (Å²) in [5, 5.41) is 16.0. The fourth-order valence-electron chi connectivity index (χ4n) is 3.57. The van der Waals surface area contributed by atoms with Crippen LogP contribution in [0.4, 0.5) is 5.69 Å². The van der Waals surface area contributed by atoms with E-state index < -0.39 is 10.8 Å². The molecule has 0 spiro atoms. The van der Waals surface area contributed by atoms with E-state index in [4.69, 9.17) is 0 Å². The highest BCUT2D eigenvalue weighted by molar-refractivity contribution is 6.08. The van der Waals surface area contributed by atoms with E-state index in [0.717, 1.165) is 5.56 Å². The molecule has 0 aliphatic heterocycles. The quantitative estimate of drug-likeness (QED) is 0.297. The smallest absolute Gasteiger partial charge is 0.288 e. The van der Waals surface area contributed by atoms with Crippen LogP contribution in [-0.4, -0.2) is 21.6 Å². The minimum absolute atomic E-state index is 0.0800. The van der Waals surface area contributed by atoms with Crippen LogP contribution in [0.2, 0.25) is 0 Å². The first-order valence-electron chi connectivity index (χ1n) is 9.72. The molecule has 0 aliphatic carbocycles. The number of amides is 1. The number of hydrazone groups is 1. The van der Waals surface area contributed by atoms with Crippen LogP contribution in [0.15, 0.2) is 88.8 Å². The average molecular weight is 426 g/mol. The van der Waals surface area contributed by atoms with Gasteiger partial charge in [-0.15, -0.1) is 0 Å². The molecule has 1 N–H and O–H groups in total. The first-order chi connectivity index (χ1) is 15.5.